The van der Waals surface area contributed by atoms with Gasteiger partial charge in [-0.1, -0.05) is 32.9 Å². The lowest BCUT2D eigenvalue weighted by Crippen LogP contribution is -2.10. The average Bonchev–Trinajstić information content (AvgIpc) is 2.72. The van der Waals surface area contributed by atoms with E-state index in [1.807, 2.05) is 13.1 Å². The molecule has 18 heavy (non-hydrogen) atoms. The number of nitrogens with zero attached hydrogens (tertiary/aromatic N) is 1. The summed E-state index contributed by atoms with van der Waals surface area (Å²) < 4.78 is 13.3. The van der Waals surface area contributed by atoms with Crippen molar-refractivity contribution in [1.82, 2.24) is 4.98 Å². The molecule has 0 aliphatic carbocycles. The lowest BCUT2D eigenvalue weighted by Gasteiger charge is -2.13. The summed E-state index contributed by atoms with van der Waals surface area (Å²) in [6.07, 6.45) is 0. The third kappa shape index (κ3) is 2.53. The quantitative estimate of drug-likeness (QED) is 0.875. The minimum Gasteiger partial charge on any atom is -0.378 e. The number of hydrogen-bond donors (Lipinski definition) is 1. The van der Waals surface area contributed by atoms with Crippen molar-refractivity contribution in [2.75, 3.05) is 12.4 Å². The van der Waals surface area contributed by atoms with Crippen molar-refractivity contribution >= 4 is 16.3 Å². The predicted octanol–water partition coefficient (Wildman–Crippen LogP) is 4.29. The van der Waals surface area contributed by atoms with Gasteiger partial charge in [0.1, 0.15) is 21.5 Å². The van der Waals surface area contributed by atoms with Crippen LogP contribution < -0.4 is 5.32 Å². The van der Waals surface area contributed by atoms with Crippen molar-refractivity contribution < 1.29 is 4.39 Å². The normalized spacial score (nSPS) is 11.6. The van der Waals surface area contributed by atoms with Gasteiger partial charge in [0.25, 0.3) is 0 Å². The molecule has 0 spiro atoms. The van der Waals surface area contributed by atoms with Crippen LogP contribution in [-0.4, -0.2) is 12.0 Å². The molecule has 1 N–H and O–H groups in total. The van der Waals surface area contributed by atoms with Gasteiger partial charge in [0.2, 0.25) is 0 Å². The second-order valence-electron chi connectivity index (χ2n) is 5.21. The van der Waals surface area contributed by atoms with Crippen LogP contribution >= 0.6 is 11.3 Å². The molecule has 0 aliphatic heterocycles. The number of nitrogens with one attached hydrogen (secondary N) is 1. The molecule has 2 aromatic rings. The number of anilines is 1. The molecular formula is C14H17FN2S. The molecule has 0 saturated carbocycles. The molecule has 0 radical (unpaired) electrons. The summed E-state index contributed by atoms with van der Waals surface area (Å²) in [5.74, 6) is -0.236. The topological polar surface area (TPSA) is 24.9 Å². The maximum absolute atomic E-state index is 13.3. The molecule has 0 aliphatic rings. The zero-order valence-corrected chi connectivity index (χ0v) is 11.9. The summed E-state index contributed by atoms with van der Waals surface area (Å²) >= 11 is 1.62. The monoisotopic (exact) mass is 264 g/mol. The zero-order valence-electron chi connectivity index (χ0n) is 11.0. The van der Waals surface area contributed by atoms with Crippen LogP contribution in [-0.2, 0) is 5.41 Å². The highest BCUT2D eigenvalue weighted by atomic mass is 32.1. The molecule has 0 unspecified atom stereocenters. The summed E-state index contributed by atoms with van der Waals surface area (Å²) in [5.41, 5.74) is 1.64. The van der Waals surface area contributed by atoms with E-state index in [-0.39, 0.29) is 11.2 Å². The second-order valence-corrected chi connectivity index (χ2v) is 6.21. The first-order chi connectivity index (χ1) is 8.41. The van der Waals surface area contributed by atoms with Crippen LogP contribution in [0, 0.1) is 5.82 Å². The van der Waals surface area contributed by atoms with Gasteiger partial charge in [-0.15, -0.1) is 11.3 Å². The highest BCUT2D eigenvalue weighted by Crippen LogP contribution is 2.37. The van der Waals surface area contributed by atoms with Crippen molar-refractivity contribution in [3.8, 4) is 11.3 Å². The Bertz CT molecular complexity index is 555. The van der Waals surface area contributed by atoms with E-state index < -0.39 is 0 Å². The van der Waals surface area contributed by atoms with Gasteiger partial charge >= 0.3 is 0 Å². The van der Waals surface area contributed by atoms with Crippen molar-refractivity contribution in [3.63, 3.8) is 0 Å². The van der Waals surface area contributed by atoms with E-state index in [1.54, 1.807) is 17.4 Å². The van der Waals surface area contributed by atoms with Gasteiger partial charge in [-0.05, 0) is 12.1 Å². The van der Waals surface area contributed by atoms with Crippen molar-refractivity contribution in [1.29, 1.82) is 0 Å². The number of thiazole rings is 1. The number of hydrogen-bond acceptors (Lipinski definition) is 3. The molecule has 1 aromatic heterocycles. The largest absolute Gasteiger partial charge is 0.378 e. The van der Waals surface area contributed by atoms with Gasteiger partial charge < -0.3 is 5.32 Å². The summed E-state index contributed by atoms with van der Waals surface area (Å²) in [5, 5.41) is 5.16. The first-order valence-electron chi connectivity index (χ1n) is 5.87. The van der Waals surface area contributed by atoms with Crippen LogP contribution in [0.2, 0.25) is 0 Å². The maximum atomic E-state index is 13.3. The van der Waals surface area contributed by atoms with Crippen LogP contribution in [0.1, 0.15) is 25.8 Å². The molecule has 0 fully saturated rings. The average molecular weight is 264 g/mol. The van der Waals surface area contributed by atoms with Gasteiger partial charge in [-0.25, -0.2) is 9.37 Å². The molecule has 4 heteroatoms. The van der Waals surface area contributed by atoms with Crippen LogP contribution in [0.25, 0.3) is 11.3 Å². The standard InChI is InChI=1S/C14H17FN2S/c1-14(2,3)13-17-11(12(16-4)18-13)9-6-5-7-10(15)8-9/h5-8,16H,1-4H3. The van der Waals surface area contributed by atoms with E-state index >= 15 is 0 Å². The molecule has 2 rings (SSSR count). The smallest absolute Gasteiger partial charge is 0.123 e. The van der Waals surface area contributed by atoms with Gasteiger partial charge in [0, 0.05) is 18.0 Å². The molecule has 2 nitrogen and oxygen atoms in total. The first-order valence-corrected chi connectivity index (χ1v) is 6.68. The highest BCUT2D eigenvalue weighted by Gasteiger charge is 2.21. The van der Waals surface area contributed by atoms with E-state index in [9.17, 15) is 4.39 Å². The van der Waals surface area contributed by atoms with Crippen molar-refractivity contribution in [3.05, 3.63) is 35.1 Å². The summed E-state index contributed by atoms with van der Waals surface area (Å²) in [6.45, 7) is 6.38. The fourth-order valence-corrected chi connectivity index (χ4v) is 2.64. The third-order valence-corrected chi connectivity index (χ3v) is 4.09. The zero-order chi connectivity index (χ0) is 13.3. The lowest BCUT2D eigenvalue weighted by molar-refractivity contribution is 0.586. The van der Waals surface area contributed by atoms with Gasteiger partial charge in [0.05, 0.1) is 0 Å². The van der Waals surface area contributed by atoms with Crippen molar-refractivity contribution in [2.45, 2.75) is 26.2 Å². The Hall–Kier alpha value is -1.42. The molecule has 0 atom stereocenters. The first kappa shape index (κ1) is 13.0. The van der Waals surface area contributed by atoms with Crippen LogP contribution in [0.4, 0.5) is 9.39 Å². The molecule has 0 amide bonds. The molecule has 0 saturated heterocycles. The molecule has 0 bridgehead atoms. The van der Waals surface area contributed by atoms with E-state index in [2.05, 4.69) is 31.1 Å². The lowest BCUT2D eigenvalue weighted by atomic mass is 9.98. The third-order valence-electron chi connectivity index (χ3n) is 2.59. The molecule has 1 aromatic carbocycles. The Kier molecular flexibility index (Phi) is 3.39. The summed E-state index contributed by atoms with van der Waals surface area (Å²) in [4.78, 5) is 4.65. The fourth-order valence-electron chi connectivity index (χ4n) is 1.64. The van der Waals surface area contributed by atoms with E-state index in [0.717, 1.165) is 21.3 Å². The second kappa shape index (κ2) is 4.69. The van der Waals surface area contributed by atoms with E-state index in [1.165, 1.54) is 12.1 Å². The number of aromatic nitrogens is 1. The summed E-state index contributed by atoms with van der Waals surface area (Å²) in [6, 6.07) is 6.55. The molecule has 96 valence electrons. The minimum absolute atomic E-state index is 0.00183. The predicted molar refractivity (Wildman–Crippen MR) is 75.8 cm³/mol. The van der Waals surface area contributed by atoms with E-state index in [4.69, 9.17) is 0 Å². The number of rotatable bonds is 2. The van der Waals surface area contributed by atoms with E-state index in [0.29, 0.717) is 0 Å². The van der Waals surface area contributed by atoms with Crippen LogP contribution in [0.5, 0.6) is 0 Å². The Morgan fingerprint density at radius 2 is 2.00 bits per heavy atom. The highest BCUT2D eigenvalue weighted by molar-refractivity contribution is 7.16. The number of halogens is 1. The van der Waals surface area contributed by atoms with Crippen LogP contribution in [0.3, 0.4) is 0 Å². The van der Waals surface area contributed by atoms with Gasteiger partial charge in [-0.2, -0.15) is 0 Å². The fraction of sp³-hybridized carbons (Fsp3) is 0.357. The van der Waals surface area contributed by atoms with Crippen LogP contribution in [0.15, 0.2) is 24.3 Å². The molecular weight excluding hydrogens is 247 g/mol. The summed E-state index contributed by atoms with van der Waals surface area (Å²) in [7, 11) is 1.86. The van der Waals surface area contributed by atoms with Gasteiger partial charge in [0.15, 0.2) is 0 Å². The van der Waals surface area contributed by atoms with Gasteiger partial charge in [-0.3, -0.25) is 0 Å². The minimum atomic E-state index is -0.236. The Morgan fingerprint density at radius 3 is 2.56 bits per heavy atom. The Morgan fingerprint density at radius 1 is 1.28 bits per heavy atom. The molecule has 1 heterocycles. The SMILES string of the molecule is CNc1sc(C(C)(C)C)nc1-c1cccc(F)c1. The Labute approximate surface area is 111 Å². The maximum Gasteiger partial charge on any atom is 0.123 e. The van der Waals surface area contributed by atoms with Crippen molar-refractivity contribution in [2.24, 2.45) is 0 Å². The Balaban J connectivity index is 2.54. The number of benzene rings is 1.